The van der Waals surface area contributed by atoms with Crippen LogP contribution >= 0.6 is 11.6 Å². The first kappa shape index (κ1) is 28.4. The van der Waals surface area contributed by atoms with E-state index in [4.69, 9.17) is 22.1 Å². The van der Waals surface area contributed by atoms with Gasteiger partial charge in [0.25, 0.3) is 0 Å². The third-order valence-electron chi connectivity index (χ3n) is 7.75. The first-order valence-corrected chi connectivity index (χ1v) is 13.7. The number of hydrogen-bond donors (Lipinski definition) is 1. The van der Waals surface area contributed by atoms with Gasteiger partial charge in [-0.25, -0.2) is 8.78 Å². The van der Waals surface area contributed by atoms with Crippen LogP contribution in [-0.2, 0) is 11.4 Å². The molecule has 5 rings (SSSR count). The van der Waals surface area contributed by atoms with E-state index in [0.717, 1.165) is 28.0 Å². The molecule has 5 nitrogen and oxygen atoms in total. The Balaban J connectivity index is 1.66. The number of halogens is 3. The summed E-state index contributed by atoms with van der Waals surface area (Å²) in [5.41, 5.74) is 11.9. The molecule has 1 unspecified atom stereocenters. The SMILES string of the molecule is Cc1cc(COc2ccc(F)cc2Cl)c(C)c(C2C(C#N)=C(N)N(c3ccc(F)cc3)C3=C2C(=O)CC(C)(C)C3)c1. The van der Waals surface area contributed by atoms with E-state index in [9.17, 15) is 18.8 Å². The summed E-state index contributed by atoms with van der Waals surface area (Å²) in [6.45, 7) is 8.06. The molecule has 1 aliphatic carbocycles. The summed E-state index contributed by atoms with van der Waals surface area (Å²) in [7, 11) is 0. The molecule has 0 bridgehead atoms. The number of nitrogens with two attached hydrogens (primary N) is 1. The minimum absolute atomic E-state index is 0.0505. The molecule has 3 aromatic carbocycles. The van der Waals surface area contributed by atoms with Crippen molar-refractivity contribution in [1.82, 2.24) is 0 Å². The predicted molar refractivity (Wildman–Crippen MR) is 155 cm³/mol. The lowest BCUT2D eigenvalue weighted by Crippen LogP contribution is -2.42. The number of ether oxygens (including phenoxy) is 1. The van der Waals surface area contributed by atoms with Gasteiger partial charge >= 0.3 is 0 Å². The summed E-state index contributed by atoms with van der Waals surface area (Å²) in [6, 6.07) is 16.1. The second kappa shape index (κ2) is 10.7. The summed E-state index contributed by atoms with van der Waals surface area (Å²) in [5, 5.41) is 10.6. The lowest BCUT2D eigenvalue weighted by molar-refractivity contribution is -0.118. The molecule has 3 aromatic rings. The predicted octanol–water partition coefficient (Wildman–Crippen LogP) is 7.75. The van der Waals surface area contributed by atoms with E-state index in [2.05, 4.69) is 6.07 Å². The molecule has 0 radical (unpaired) electrons. The number of anilines is 1. The summed E-state index contributed by atoms with van der Waals surface area (Å²) >= 11 is 6.17. The van der Waals surface area contributed by atoms with Crippen molar-refractivity contribution < 1.29 is 18.3 Å². The van der Waals surface area contributed by atoms with Crippen LogP contribution in [0.25, 0.3) is 0 Å². The van der Waals surface area contributed by atoms with Crippen molar-refractivity contribution in [3.05, 3.63) is 116 Å². The molecule has 0 spiro atoms. The lowest BCUT2D eigenvalue weighted by atomic mass is 9.68. The van der Waals surface area contributed by atoms with Crippen LogP contribution in [0.1, 0.15) is 54.9 Å². The fourth-order valence-electron chi connectivity index (χ4n) is 5.87. The maximum Gasteiger partial charge on any atom is 0.162 e. The third-order valence-corrected chi connectivity index (χ3v) is 8.05. The van der Waals surface area contributed by atoms with Crippen LogP contribution in [0, 0.1) is 42.2 Å². The highest BCUT2D eigenvalue weighted by Gasteiger charge is 2.45. The number of ketones is 1. The molecule has 0 saturated heterocycles. The number of carbonyl (C=O) groups excluding carboxylic acids is 1. The molecular formula is C33H30ClF2N3O2. The normalized spacial score (nSPS) is 18.3. The topological polar surface area (TPSA) is 79.3 Å². The maximum atomic E-state index is 13.9. The number of benzene rings is 3. The second-order valence-corrected chi connectivity index (χ2v) is 11.9. The molecule has 0 aromatic heterocycles. The number of hydrogen-bond acceptors (Lipinski definition) is 5. The Labute approximate surface area is 243 Å². The molecule has 41 heavy (non-hydrogen) atoms. The zero-order valence-corrected chi connectivity index (χ0v) is 24.1. The Morgan fingerprint density at radius 1 is 1.07 bits per heavy atom. The zero-order valence-electron chi connectivity index (χ0n) is 23.3. The Morgan fingerprint density at radius 2 is 1.76 bits per heavy atom. The number of carbonyl (C=O) groups is 1. The van der Waals surface area contributed by atoms with Crippen LogP contribution in [0.3, 0.4) is 0 Å². The zero-order chi connectivity index (χ0) is 29.6. The van der Waals surface area contributed by atoms with Crippen molar-refractivity contribution in [2.75, 3.05) is 4.90 Å². The molecular weight excluding hydrogens is 544 g/mol. The fourth-order valence-corrected chi connectivity index (χ4v) is 6.09. The fraction of sp³-hybridized carbons (Fsp3) is 0.273. The molecule has 210 valence electrons. The van der Waals surface area contributed by atoms with Gasteiger partial charge in [-0.1, -0.05) is 43.1 Å². The Hall–Kier alpha value is -4.15. The molecule has 0 amide bonds. The summed E-state index contributed by atoms with van der Waals surface area (Å²) in [4.78, 5) is 15.6. The van der Waals surface area contributed by atoms with E-state index in [0.29, 0.717) is 29.9 Å². The van der Waals surface area contributed by atoms with Crippen molar-refractivity contribution in [3.63, 3.8) is 0 Å². The summed E-state index contributed by atoms with van der Waals surface area (Å²) in [6.07, 6.45) is 0.868. The van der Waals surface area contributed by atoms with E-state index in [1.165, 1.54) is 30.3 Å². The number of allylic oxidation sites excluding steroid dienone is 3. The summed E-state index contributed by atoms with van der Waals surface area (Å²) in [5.74, 6) is -1.02. The molecule has 0 saturated carbocycles. The number of nitrogens with zero attached hydrogens (tertiary/aromatic N) is 2. The van der Waals surface area contributed by atoms with Gasteiger partial charge in [-0.2, -0.15) is 5.26 Å². The van der Waals surface area contributed by atoms with Gasteiger partial charge in [-0.3, -0.25) is 9.69 Å². The number of nitriles is 1. The van der Waals surface area contributed by atoms with Crippen LogP contribution in [0.15, 0.2) is 77.3 Å². The Bertz CT molecular complexity index is 1670. The van der Waals surface area contributed by atoms with E-state index in [1.807, 2.05) is 39.8 Å². The van der Waals surface area contributed by atoms with Crippen LogP contribution in [0.5, 0.6) is 5.75 Å². The van der Waals surface area contributed by atoms with Gasteiger partial charge in [0.1, 0.15) is 29.8 Å². The van der Waals surface area contributed by atoms with Gasteiger partial charge in [-0.05, 0) is 84.8 Å². The van der Waals surface area contributed by atoms with Crippen LogP contribution in [-0.4, -0.2) is 5.78 Å². The maximum absolute atomic E-state index is 13.9. The van der Waals surface area contributed by atoms with Crippen molar-refractivity contribution in [2.24, 2.45) is 11.1 Å². The van der Waals surface area contributed by atoms with Crippen LogP contribution in [0.4, 0.5) is 14.5 Å². The van der Waals surface area contributed by atoms with Crippen LogP contribution < -0.4 is 15.4 Å². The quantitative estimate of drug-likeness (QED) is 0.337. The summed E-state index contributed by atoms with van der Waals surface area (Å²) < 4.78 is 33.3. The average molecular weight is 574 g/mol. The third kappa shape index (κ3) is 5.32. The van der Waals surface area contributed by atoms with Gasteiger partial charge in [0.15, 0.2) is 5.78 Å². The minimum atomic E-state index is -0.677. The molecule has 8 heteroatoms. The highest BCUT2D eigenvalue weighted by molar-refractivity contribution is 6.32. The van der Waals surface area contributed by atoms with Crippen LogP contribution in [0.2, 0.25) is 5.02 Å². The van der Waals surface area contributed by atoms with Crippen molar-refractivity contribution in [3.8, 4) is 11.8 Å². The van der Waals surface area contributed by atoms with Crippen molar-refractivity contribution >= 4 is 23.1 Å². The minimum Gasteiger partial charge on any atom is -0.487 e. The second-order valence-electron chi connectivity index (χ2n) is 11.5. The molecule has 1 aliphatic heterocycles. The molecule has 0 fully saturated rings. The molecule has 1 atom stereocenters. The average Bonchev–Trinajstić information content (AvgIpc) is 2.89. The van der Waals surface area contributed by atoms with E-state index >= 15 is 0 Å². The van der Waals surface area contributed by atoms with Crippen molar-refractivity contribution in [1.29, 1.82) is 5.26 Å². The Morgan fingerprint density at radius 3 is 2.41 bits per heavy atom. The van der Waals surface area contributed by atoms with E-state index < -0.39 is 17.6 Å². The highest BCUT2D eigenvalue weighted by Crippen LogP contribution is 2.51. The van der Waals surface area contributed by atoms with Crippen molar-refractivity contribution in [2.45, 2.75) is 53.1 Å². The lowest BCUT2D eigenvalue weighted by Gasteiger charge is -2.44. The monoisotopic (exact) mass is 573 g/mol. The highest BCUT2D eigenvalue weighted by atomic mass is 35.5. The van der Waals surface area contributed by atoms with Gasteiger partial charge < -0.3 is 10.5 Å². The number of aryl methyl sites for hydroxylation is 1. The first-order chi connectivity index (χ1) is 19.4. The molecule has 2 N–H and O–H groups in total. The van der Waals surface area contributed by atoms with Gasteiger partial charge in [0.2, 0.25) is 0 Å². The van der Waals surface area contributed by atoms with Gasteiger partial charge in [0, 0.05) is 23.4 Å². The molecule has 1 heterocycles. The van der Waals surface area contributed by atoms with E-state index in [-0.39, 0.29) is 34.2 Å². The van der Waals surface area contributed by atoms with E-state index in [1.54, 1.807) is 17.0 Å². The smallest absolute Gasteiger partial charge is 0.162 e. The number of Topliss-reactive ketones (excluding diaryl/α,β-unsaturated/α-hetero) is 1. The van der Waals surface area contributed by atoms with Gasteiger partial charge in [0.05, 0.1) is 22.6 Å². The Kier molecular flexibility index (Phi) is 7.39. The standard InChI is InChI=1S/C33H30ClF2N3O2/c1-18-11-20(17-41-29-10-7-22(36)13-26(29)34)19(2)24(12-18)30-25(16-37)32(38)39(23-8-5-21(35)6-9-23)27-14-33(3,4)15-28(40)31(27)30/h5-13,30H,14-15,17,38H2,1-4H3. The van der Waals surface area contributed by atoms with Gasteiger partial charge in [-0.15, -0.1) is 0 Å². The molecule has 2 aliphatic rings. The largest absolute Gasteiger partial charge is 0.487 e. The number of rotatable bonds is 5. The first-order valence-electron chi connectivity index (χ1n) is 13.3.